The van der Waals surface area contributed by atoms with Gasteiger partial charge in [0, 0.05) is 22.5 Å². The first-order chi connectivity index (χ1) is 13.4. The first-order valence-electron chi connectivity index (χ1n) is 8.72. The molecule has 2 heterocycles. The predicted octanol–water partition coefficient (Wildman–Crippen LogP) is 4.55. The maximum atomic E-state index is 13.0. The molecule has 0 aliphatic rings. The van der Waals surface area contributed by atoms with Gasteiger partial charge in [0.05, 0.1) is 11.4 Å². The Hall–Kier alpha value is -3.06. The average Bonchev–Trinajstić information content (AvgIpc) is 3.12. The highest BCUT2D eigenvalue weighted by Crippen LogP contribution is 2.28. The molecule has 0 bridgehead atoms. The van der Waals surface area contributed by atoms with Crippen molar-refractivity contribution in [1.82, 2.24) is 9.36 Å². The third-order valence-corrected chi connectivity index (χ3v) is 5.39. The summed E-state index contributed by atoms with van der Waals surface area (Å²) in [5.74, 6) is -0.252. The molecule has 142 valence electrons. The number of fused-ring (bicyclic) bond motifs is 1. The summed E-state index contributed by atoms with van der Waals surface area (Å²) in [6, 6.07) is 14.8. The quantitative estimate of drug-likeness (QED) is 0.508. The largest absolute Gasteiger partial charge is 0.451 e. The summed E-state index contributed by atoms with van der Waals surface area (Å²) in [4.78, 5) is 25.8. The third-order valence-electron chi connectivity index (χ3n) is 4.90. The number of para-hydroxylation sites is 1. The number of rotatable bonds is 3. The maximum Gasteiger partial charge on any atom is 0.295 e. The zero-order chi connectivity index (χ0) is 20.0. The summed E-state index contributed by atoms with van der Waals surface area (Å²) in [5.41, 5.74) is 2.67. The first-order valence-corrected chi connectivity index (χ1v) is 9.52. The van der Waals surface area contributed by atoms with E-state index in [4.69, 9.17) is 4.42 Å². The van der Waals surface area contributed by atoms with E-state index in [1.807, 2.05) is 49.4 Å². The number of amides is 1. The number of aromatic nitrogens is 2. The van der Waals surface area contributed by atoms with Crippen molar-refractivity contribution in [2.24, 2.45) is 7.05 Å². The Morgan fingerprint density at radius 2 is 1.82 bits per heavy atom. The topological polar surface area (TPSA) is 69.2 Å². The summed E-state index contributed by atoms with van der Waals surface area (Å²) < 4.78 is 9.88. The number of benzene rings is 2. The molecular formula is C21H18BrN3O3. The summed E-state index contributed by atoms with van der Waals surface area (Å²) in [7, 11) is 1.78. The summed E-state index contributed by atoms with van der Waals surface area (Å²) >= 11 is 3.43. The monoisotopic (exact) mass is 439 g/mol. The molecule has 0 spiro atoms. The number of nitrogens with zero attached hydrogens (tertiary/aromatic N) is 2. The van der Waals surface area contributed by atoms with Crippen LogP contribution in [0.25, 0.3) is 16.7 Å². The molecule has 6 nitrogen and oxygen atoms in total. The van der Waals surface area contributed by atoms with Gasteiger partial charge in [-0.3, -0.25) is 14.3 Å². The molecule has 4 aromatic rings. The molecule has 0 saturated carbocycles. The van der Waals surface area contributed by atoms with Crippen molar-refractivity contribution >= 4 is 38.5 Å². The normalized spacial score (nSPS) is 11.1. The molecule has 2 aromatic heterocycles. The van der Waals surface area contributed by atoms with Gasteiger partial charge < -0.3 is 9.73 Å². The van der Waals surface area contributed by atoms with Crippen molar-refractivity contribution in [3.05, 3.63) is 80.4 Å². The van der Waals surface area contributed by atoms with Crippen LogP contribution < -0.4 is 10.9 Å². The van der Waals surface area contributed by atoms with Crippen molar-refractivity contribution < 1.29 is 9.21 Å². The average molecular weight is 440 g/mol. The minimum absolute atomic E-state index is 0.196. The summed E-state index contributed by atoms with van der Waals surface area (Å²) in [6.45, 7) is 3.62. The Labute approximate surface area is 169 Å². The van der Waals surface area contributed by atoms with Gasteiger partial charge in [0.25, 0.3) is 11.5 Å². The number of hydrogen-bond donors (Lipinski definition) is 1. The molecule has 0 unspecified atom stereocenters. The molecule has 0 radical (unpaired) electrons. The van der Waals surface area contributed by atoms with Gasteiger partial charge in [0.1, 0.15) is 11.3 Å². The summed E-state index contributed by atoms with van der Waals surface area (Å²) in [6.07, 6.45) is 0. The third kappa shape index (κ3) is 2.88. The lowest BCUT2D eigenvalue weighted by Gasteiger charge is -2.07. The minimum atomic E-state index is -0.448. The number of hydrogen-bond acceptors (Lipinski definition) is 3. The van der Waals surface area contributed by atoms with Gasteiger partial charge in [-0.2, -0.15) is 0 Å². The lowest BCUT2D eigenvalue weighted by atomic mass is 10.1. The van der Waals surface area contributed by atoms with E-state index in [0.29, 0.717) is 11.3 Å². The summed E-state index contributed by atoms with van der Waals surface area (Å²) in [5, 5.41) is 3.60. The molecule has 1 amide bonds. The SMILES string of the molecule is Cc1c(C(=O)Nc2c(C)n(C)n(-c3ccccc3)c2=O)oc2ccc(Br)cc12. The Morgan fingerprint density at radius 3 is 2.54 bits per heavy atom. The van der Waals surface area contributed by atoms with Crippen molar-refractivity contribution in [3.63, 3.8) is 0 Å². The van der Waals surface area contributed by atoms with Crippen molar-refractivity contribution in [2.45, 2.75) is 13.8 Å². The van der Waals surface area contributed by atoms with Crippen LogP contribution in [0, 0.1) is 13.8 Å². The second-order valence-corrected chi connectivity index (χ2v) is 7.50. The van der Waals surface area contributed by atoms with Gasteiger partial charge >= 0.3 is 0 Å². The number of halogens is 1. The molecule has 0 fully saturated rings. The molecule has 28 heavy (non-hydrogen) atoms. The van der Waals surface area contributed by atoms with Gasteiger partial charge in [-0.25, -0.2) is 4.68 Å². The number of anilines is 1. The first kappa shape index (κ1) is 18.3. The van der Waals surface area contributed by atoms with Crippen LogP contribution in [-0.2, 0) is 7.05 Å². The van der Waals surface area contributed by atoms with E-state index >= 15 is 0 Å². The van der Waals surface area contributed by atoms with Crippen LogP contribution in [0.4, 0.5) is 5.69 Å². The fourth-order valence-corrected chi connectivity index (χ4v) is 3.65. The maximum absolute atomic E-state index is 13.0. The van der Waals surface area contributed by atoms with E-state index in [2.05, 4.69) is 21.2 Å². The van der Waals surface area contributed by atoms with Gasteiger partial charge in [0.2, 0.25) is 0 Å². The molecule has 0 aliphatic carbocycles. The molecule has 7 heteroatoms. The Morgan fingerprint density at radius 1 is 1.11 bits per heavy atom. The van der Waals surface area contributed by atoms with Crippen LogP contribution in [-0.4, -0.2) is 15.3 Å². The van der Waals surface area contributed by atoms with E-state index < -0.39 is 5.91 Å². The van der Waals surface area contributed by atoms with Crippen LogP contribution in [0.1, 0.15) is 21.8 Å². The second kappa shape index (κ2) is 6.83. The molecule has 4 rings (SSSR count). The smallest absolute Gasteiger partial charge is 0.295 e. The van der Waals surface area contributed by atoms with E-state index in [1.54, 1.807) is 24.7 Å². The number of carbonyl (C=O) groups excluding carboxylic acids is 1. The lowest BCUT2D eigenvalue weighted by molar-refractivity contribution is 0.0997. The van der Waals surface area contributed by atoms with Crippen molar-refractivity contribution in [1.29, 1.82) is 0 Å². The molecule has 0 atom stereocenters. The van der Waals surface area contributed by atoms with E-state index in [0.717, 1.165) is 21.1 Å². The van der Waals surface area contributed by atoms with Gasteiger partial charge in [0.15, 0.2) is 5.76 Å². The fourth-order valence-electron chi connectivity index (χ4n) is 3.29. The van der Waals surface area contributed by atoms with Crippen LogP contribution in [0.15, 0.2) is 62.2 Å². The van der Waals surface area contributed by atoms with Gasteiger partial charge in [-0.05, 0) is 44.2 Å². The Kier molecular flexibility index (Phi) is 4.47. The van der Waals surface area contributed by atoms with Crippen LogP contribution in [0.2, 0.25) is 0 Å². The lowest BCUT2D eigenvalue weighted by Crippen LogP contribution is -2.23. The highest BCUT2D eigenvalue weighted by atomic mass is 79.9. The minimum Gasteiger partial charge on any atom is -0.451 e. The highest BCUT2D eigenvalue weighted by Gasteiger charge is 2.22. The van der Waals surface area contributed by atoms with Crippen molar-refractivity contribution in [3.8, 4) is 5.69 Å². The number of carbonyl (C=O) groups is 1. The van der Waals surface area contributed by atoms with Crippen LogP contribution >= 0.6 is 15.9 Å². The Bertz CT molecular complexity index is 1270. The number of nitrogens with one attached hydrogen (secondary N) is 1. The zero-order valence-corrected chi connectivity index (χ0v) is 17.2. The van der Waals surface area contributed by atoms with E-state index in [1.165, 1.54) is 4.68 Å². The van der Waals surface area contributed by atoms with Crippen LogP contribution in [0.5, 0.6) is 0 Å². The number of aryl methyl sites for hydroxylation is 1. The van der Waals surface area contributed by atoms with Gasteiger partial charge in [-0.1, -0.05) is 34.1 Å². The predicted molar refractivity (Wildman–Crippen MR) is 112 cm³/mol. The van der Waals surface area contributed by atoms with Crippen LogP contribution in [0.3, 0.4) is 0 Å². The molecule has 1 N–H and O–H groups in total. The Balaban J connectivity index is 1.75. The van der Waals surface area contributed by atoms with Crippen molar-refractivity contribution in [2.75, 3.05) is 5.32 Å². The fraction of sp³-hybridized carbons (Fsp3) is 0.143. The molecule has 2 aromatic carbocycles. The van der Waals surface area contributed by atoms with Gasteiger partial charge in [-0.15, -0.1) is 0 Å². The molecule has 0 aliphatic heterocycles. The molecule has 0 saturated heterocycles. The number of furan rings is 1. The van der Waals surface area contributed by atoms with E-state index in [-0.39, 0.29) is 17.0 Å². The zero-order valence-electron chi connectivity index (χ0n) is 15.6. The van der Waals surface area contributed by atoms with E-state index in [9.17, 15) is 9.59 Å². The standard InChI is InChI=1S/C21H18BrN3O3/c1-12-16-11-14(22)9-10-17(16)28-19(12)20(26)23-18-13(2)24(3)25(21(18)27)15-7-5-4-6-8-15/h4-11H,1-3H3,(H,23,26). The highest BCUT2D eigenvalue weighted by molar-refractivity contribution is 9.10. The second-order valence-electron chi connectivity index (χ2n) is 6.59. The molecular weight excluding hydrogens is 422 g/mol.